The molecule has 0 aromatic rings. The zero-order chi connectivity index (χ0) is 14.7. The Balaban J connectivity index is 1.62. The third kappa shape index (κ3) is 3.25. The number of rotatable bonds is 4. The molecule has 2 heterocycles. The van der Waals surface area contributed by atoms with Gasteiger partial charge in [0, 0.05) is 6.04 Å². The van der Waals surface area contributed by atoms with E-state index in [9.17, 15) is 9.90 Å². The maximum absolute atomic E-state index is 12.7. The fourth-order valence-electron chi connectivity index (χ4n) is 4.37. The number of carbonyl (C=O) groups is 1. The van der Waals surface area contributed by atoms with Crippen molar-refractivity contribution >= 4 is 5.91 Å². The molecule has 2 saturated heterocycles. The number of likely N-dealkylation sites (tertiary alicyclic amines) is 1. The zero-order valence-electron chi connectivity index (χ0n) is 12.9. The minimum atomic E-state index is -0.334. The van der Waals surface area contributed by atoms with Gasteiger partial charge in [0.1, 0.15) is 0 Å². The summed E-state index contributed by atoms with van der Waals surface area (Å²) in [5, 5.41) is 16.3. The second-order valence-electron chi connectivity index (χ2n) is 7.01. The maximum Gasteiger partial charge on any atom is 0.237 e. The molecule has 21 heavy (non-hydrogen) atoms. The molecule has 3 fully saturated rings. The molecule has 0 aromatic heterocycles. The molecule has 3 aliphatic rings. The molecule has 0 radical (unpaired) electrons. The monoisotopic (exact) mass is 295 g/mol. The van der Waals surface area contributed by atoms with Gasteiger partial charge in [-0.15, -0.1) is 0 Å². The predicted molar refractivity (Wildman–Crippen MR) is 82.0 cm³/mol. The Morgan fingerprint density at radius 1 is 1.19 bits per heavy atom. The van der Waals surface area contributed by atoms with Gasteiger partial charge in [-0.3, -0.25) is 9.69 Å². The van der Waals surface area contributed by atoms with Crippen molar-refractivity contribution in [1.82, 2.24) is 15.5 Å². The molecule has 0 aromatic carbocycles. The molecule has 0 spiro atoms. The molecule has 120 valence electrons. The van der Waals surface area contributed by atoms with Crippen molar-refractivity contribution in [2.45, 2.75) is 69.0 Å². The number of piperidine rings is 1. The highest BCUT2D eigenvalue weighted by atomic mass is 16.3. The second kappa shape index (κ2) is 6.63. The summed E-state index contributed by atoms with van der Waals surface area (Å²) in [6.45, 7) is 3.26. The van der Waals surface area contributed by atoms with Gasteiger partial charge in [-0.25, -0.2) is 0 Å². The SMILES string of the molecule is O=C(NC1(CO)CCCC1)C1CCCN1C1CCNCC1. The van der Waals surface area contributed by atoms with Crippen LogP contribution in [-0.4, -0.2) is 59.8 Å². The highest BCUT2D eigenvalue weighted by Crippen LogP contribution is 2.31. The van der Waals surface area contributed by atoms with Crippen LogP contribution < -0.4 is 10.6 Å². The number of hydrogen-bond donors (Lipinski definition) is 3. The molecule has 0 bridgehead atoms. The van der Waals surface area contributed by atoms with E-state index in [0.29, 0.717) is 6.04 Å². The van der Waals surface area contributed by atoms with Crippen LogP contribution in [0.2, 0.25) is 0 Å². The van der Waals surface area contributed by atoms with Crippen LogP contribution in [0.4, 0.5) is 0 Å². The molecule has 1 unspecified atom stereocenters. The summed E-state index contributed by atoms with van der Waals surface area (Å²) in [6.07, 6.45) is 8.47. The molecule has 1 amide bonds. The summed E-state index contributed by atoms with van der Waals surface area (Å²) >= 11 is 0. The summed E-state index contributed by atoms with van der Waals surface area (Å²) in [4.78, 5) is 15.2. The van der Waals surface area contributed by atoms with E-state index in [4.69, 9.17) is 0 Å². The lowest BCUT2D eigenvalue weighted by molar-refractivity contribution is -0.129. The van der Waals surface area contributed by atoms with Gasteiger partial charge in [-0.05, 0) is 58.2 Å². The largest absolute Gasteiger partial charge is 0.394 e. The minimum Gasteiger partial charge on any atom is -0.394 e. The van der Waals surface area contributed by atoms with E-state index < -0.39 is 0 Å². The number of nitrogens with zero attached hydrogens (tertiary/aromatic N) is 1. The number of amides is 1. The summed E-state index contributed by atoms with van der Waals surface area (Å²) < 4.78 is 0. The number of carbonyl (C=O) groups excluding carboxylic acids is 1. The lowest BCUT2D eigenvalue weighted by Gasteiger charge is -2.37. The Morgan fingerprint density at radius 3 is 2.57 bits per heavy atom. The quantitative estimate of drug-likeness (QED) is 0.711. The van der Waals surface area contributed by atoms with Crippen molar-refractivity contribution in [3.05, 3.63) is 0 Å². The van der Waals surface area contributed by atoms with Gasteiger partial charge in [0.05, 0.1) is 18.2 Å². The Morgan fingerprint density at radius 2 is 1.90 bits per heavy atom. The first kappa shape index (κ1) is 15.3. The van der Waals surface area contributed by atoms with Crippen LogP contribution in [0.15, 0.2) is 0 Å². The van der Waals surface area contributed by atoms with Gasteiger partial charge in [-0.2, -0.15) is 0 Å². The molecule has 1 saturated carbocycles. The van der Waals surface area contributed by atoms with Gasteiger partial charge >= 0.3 is 0 Å². The highest BCUT2D eigenvalue weighted by molar-refractivity contribution is 5.83. The number of aliphatic hydroxyl groups excluding tert-OH is 1. The number of aliphatic hydroxyl groups is 1. The fourth-order valence-corrected chi connectivity index (χ4v) is 4.37. The maximum atomic E-state index is 12.7. The van der Waals surface area contributed by atoms with Crippen LogP contribution in [0, 0.1) is 0 Å². The van der Waals surface area contributed by atoms with Crippen LogP contribution in [0.25, 0.3) is 0 Å². The summed E-state index contributed by atoms with van der Waals surface area (Å²) in [6, 6.07) is 0.579. The molecule has 2 aliphatic heterocycles. The zero-order valence-corrected chi connectivity index (χ0v) is 12.9. The van der Waals surface area contributed by atoms with E-state index >= 15 is 0 Å². The number of nitrogens with one attached hydrogen (secondary N) is 2. The van der Waals surface area contributed by atoms with Gasteiger partial charge < -0.3 is 15.7 Å². The smallest absolute Gasteiger partial charge is 0.237 e. The van der Waals surface area contributed by atoms with E-state index in [2.05, 4.69) is 15.5 Å². The van der Waals surface area contributed by atoms with Crippen molar-refractivity contribution in [3.63, 3.8) is 0 Å². The average molecular weight is 295 g/mol. The van der Waals surface area contributed by atoms with Gasteiger partial charge in [0.25, 0.3) is 0 Å². The summed E-state index contributed by atoms with van der Waals surface area (Å²) in [5.74, 6) is 0.155. The third-order valence-corrected chi connectivity index (χ3v) is 5.63. The summed E-state index contributed by atoms with van der Waals surface area (Å²) in [7, 11) is 0. The van der Waals surface area contributed by atoms with E-state index in [1.54, 1.807) is 0 Å². The molecule has 1 aliphatic carbocycles. The van der Waals surface area contributed by atoms with Crippen LogP contribution in [-0.2, 0) is 4.79 Å². The summed E-state index contributed by atoms with van der Waals surface area (Å²) in [5.41, 5.74) is -0.334. The number of hydrogen-bond acceptors (Lipinski definition) is 4. The van der Waals surface area contributed by atoms with Crippen LogP contribution in [0.1, 0.15) is 51.4 Å². The Hall–Kier alpha value is -0.650. The average Bonchev–Trinajstić information content (AvgIpc) is 3.17. The molecular weight excluding hydrogens is 266 g/mol. The highest BCUT2D eigenvalue weighted by Gasteiger charge is 2.40. The van der Waals surface area contributed by atoms with Crippen molar-refractivity contribution in [3.8, 4) is 0 Å². The van der Waals surface area contributed by atoms with Crippen molar-refractivity contribution in [1.29, 1.82) is 0 Å². The lowest BCUT2D eigenvalue weighted by Crippen LogP contribution is -2.57. The molecular formula is C16H29N3O2. The normalized spacial score (nSPS) is 30.6. The molecule has 1 atom stereocenters. The van der Waals surface area contributed by atoms with Gasteiger partial charge in [0.2, 0.25) is 5.91 Å². The van der Waals surface area contributed by atoms with Crippen molar-refractivity contribution in [2.75, 3.05) is 26.2 Å². The molecule has 5 heteroatoms. The third-order valence-electron chi connectivity index (χ3n) is 5.63. The van der Waals surface area contributed by atoms with E-state index in [1.807, 2.05) is 0 Å². The fraction of sp³-hybridized carbons (Fsp3) is 0.938. The first-order chi connectivity index (χ1) is 10.2. The van der Waals surface area contributed by atoms with E-state index in [1.165, 1.54) is 0 Å². The van der Waals surface area contributed by atoms with Crippen LogP contribution in [0.5, 0.6) is 0 Å². The van der Waals surface area contributed by atoms with Gasteiger partial charge in [-0.1, -0.05) is 12.8 Å². The Kier molecular flexibility index (Phi) is 4.82. The van der Waals surface area contributed by atoms with Crippen molar-refractivity contribution < 1.29 is 9.90 Å². The Bertz CT molecular complexity index is 363. The first-order valence-corrected chi connectivity index (χ1v) is 8.63. The van der Waals surface area contributed by atoms with Crippen LogP contribution in [0.3, 0.4) is 0 Å². The molecule has 3 N–H and O–H groups in total. The van der Waals surface area contributed by atoms with Crippen LogP contribution >= 0.6 is 0 Å². The topological polar surface area (TPSA) is 64.6 Å². The standard InChI is InChI=1S/C16H29N3O2/c20-12-16(7-1-2-8-16)18-15(21)14-4-3-11-19(14)13-5-9-17-10-6-13/h13-14,17,20H,1-12H2,(H,18,21). The van der Waals surface area contributed by atoms with E-state index in [0.717, 1.165) is 71.0 Å². The van der Waals surface area contributed by atoms with E-state index in [-0.39, 0.29) is 24.1 Å². The Labute approximate surface area is 127 Å². The molecule has 3 rings (SSSR count). The lowest BCUT2D eigenvalue weighted by atomic mass is 9.97. The first-order valence-electron chi connectivity index (χ1n) is 8.63. The van der Waals surface area contributed by atoms with Crippen molar-refractivity contribution in [2.24, 2.45) is 0 Å². The molecule has 5 nitrogen and oxygen atoms in total. The minimum absolute atomic E-state index is 0.0251. The van der Waals surface area contributed by atoms with Gasteiger partial charge in [0.15, 0.2) is 0 Å². The second-order valence-corrected chi connectivity index (χ2v) is 7.01. The predicted octanol–water partition coefficient (Wildman–Crippen LogP) is 0.624.